The molecule has 0 spiro atoms. The number of urea groups is 1. The third kappa shape index (κ3) is 3.04. The summed E-state index contributed by atoms with van der Waals surface area (Å²) in [4.78, 5) is 49.7. The van der Waals surface area contributed by atoms with E-state index in [0.29, 0.717) is 39.1 Å². The maximum Gasteiger partial charge on any atom is 0.334 e. The van der Waals surface area contributed by atoms with Crippen molar-refractivity contribution in [2.24, 2.45) is 0 Å². The van der Waals surface area contributed by atoms with Gasteiger partial charge in [0.05, 0.1) is 6.54 Å². The Morgan fingerprint density at radius 3 is 2.45 bits per heavy atom. The second-order valence-corrected chi connectivity index (χ2v) is 7.02. The highest BCUT2D eigenvalue weighted by Gasteiger charge is 2.43. The van der Waals surface area contributed by atoms with Crippen LogP contribution in [0.5, 0.6) is 11.5 Å². The molecular formula is C20H19N3O6. The SMILES string of the molecule is Cc1cc(C(=O)CN2C(=O)C(=O)N(C)C2=O)c(C)n1Cc1ccc2c(c1)OCO2. The molecule has 0 aliphatic carbocycles. The number of hydrogen-bond acceptors (Lipinski definition) is 6. The molecule has 9 heteroatoms. The molecule has 0 bridgehead atoms. The molecule has 150 valence electrons. The van der Waals surface area contributed by atoms with Gasteiger partial charge in [-0.15, -0.1) is 0 Å². The largest absolute Gasteiger partial charge is 0.454 e. The molecule has 0 radical (unpaired) electrons. The monoisotopic (exact) mass is 397 g/mol. The number of fused-ring (bicyclic) bond motifs is 1. The van der Waals surface area contributed by atoms with E-state index in [1.807, 2.05) is 29.7 Å². The maximum absolute atomic E-state index is 12.8. The molecule has 29 heavy (non-hydrogen) atoms. The van der Waals surface area contributed by atoms with Gasteiger partial charge in [0.25, 0.3) is 0 Å². The zero-order valence-electron chi connectivity index (χ0n) is 16.2. The topological polar surface area (TPSA) is 98.2 Å². The smallest absolute Gasteiger partial charge is 0.334 e. The summed E-state index contributed by atoms with van der Waals surface area (Å²) in [6, 6.07) is 6.60. The number of amides is 4. The standard InChI is InChI=1S/C20H19N3O6/c1-11-6-14(15(24)9-23-19(26)18(25)21(3)20(23)27)12(2)22(11)8-13-4-5-16-17(7-13)29-10-28-16/h4-7H,8-10H2,1-3H3. The third-order valence-electron chi connectivity index (χ3n) is 5.20. The van der Waals surface area contributed by atoms with E-state index >= 15 is 0 Å². The summed E-state index contributed by atoms with van der Waals surface area (Å²) in [7, 11) is 1.21. The van der Waals surface area contributed by atoms with Crippen LogP contribution in [-0.4, -0.2) is 58.4 Å². The van der Waals surface area contributed by atoms with E-state index in [0.717, 1.165) is 11.3 Å². The molecule has 1 aromatic carbocycles. The molecule has 1 saturated heterocycles. The molecule has 0 N–H and O–H groups in total. The second-order valence-electron chi connectivity index (χ2n) is 7.02. The van der Waals surface area contributed by atoms with Crippen molar-refractivity contribution in [1.29, 1.82) is 0 Å². The Morgan fingerprint density at radius 1 is 1.03 bits per heavy atom. The molecule has 1 aromatic heterocycles. The van der Waals surface area contributed by atoms with Gasteiger partial charge in [-0.2, -0.15) is 0 Å². The number of hydrogen-bond donors (Lipinski definition) is 0. The molecule has 2 aliphatic heterocycles. The van der Waals surface area contributed by atoms with Crippen molar-refractivity contribution < 1.29 is 28.7 Å². The van der Waals surface area contributed by atoms with Crippen molar-refractivity contribution in [3.8, 4) is 11.5 Å². The summed E-state index contributed by atoms with van der Waals surface area (Å²) < 4.78 is 12.7. The number of carbonyl (C=O) groups excluding carboxylic acids is 4. The minimum absolute atomic E-state index is 0.199. The number of ether oxygens (including phenoxy) is 2. The molecule has 4 rings (SSSR count). The van der Waals surface area contributed by atoms with Gasteiger partial charge in [0.1, 0.15) is 0 Å². The first kappa shape index (κ1) is 18.7. The Kier molecular flexibility index (Phi) is 4.37. The van der Waals surface area contributed by atoms with E-state index < -0.39 is 30.2 Å². The fourth-order valence-corrected chi connectivity index (χ4v) is 3.53. The molecule has 0 atom stereocenters. The van der Waals surface area contributed by atoms with Gasteiger partial charge >= 0.3 is 17.8 Å². The van der Waals surface area contributed by atoms with Gasteiger partial charge in [0, 0.05) is 30.5 Å². The van der Waals surface area contributed by atoms with E-state index in [-0.39, 0.29) is 6.79 Å². The van der Waals surface area contributed by atoms with Crippen LogP contribution in [0.2, 0.25) is 0 Å². The summed E-state index contributed by atoms with van der Waals surface area (Å²) in [6.45, 7) is 3.93. The first-order valence-corrected chi connectivity index (χ1v) is 9.00. The van der Waals surface area contributed by atoms with Crippen molar-refractivity contribution >= 4 is 23.6 Å². The fraction of sp³-hybridized carbons (Fsp3) is 0.300. The maximum atomic E-state index is 12.8. The van der Waals surface area contributed by atoms with Gasteiger partial charge in [-0.1, -0.05) is 6.07 Å². The average Bonchev–Trinajstić information content (AvgIpc) is 3.33. The minimum atomic E-state index is -0.986. The van der Waals surface area contributed by atoms with Crippen LogP contribution in [0.1, 0.15) is 27.3 Å². The number of nitrogens with zero attached hydrogens (tertiary/aromatic N) is 3. The lowest BCUT2D eigenvalue weighted by atomic mass is 10.1. The first-order valence-electron chi connectivity index (χ1n) is 9.00. The summed E-state index contributed by atoms with van der Waals surface area (Å²) in [6.07, 6.45) is 0. The normalized spacial score (nSPS) is 15.6. The number of aryl methyl sites for hydroxylation is 1. The number of imide groups is 2. The summed E-state index contributed by atoms with van der Waals surface area (Å²) >= 11 is 0. The van der Waals surface area contributed by atoms with Crippen LogP contribution in [0.15, 0.2) is 24.3 Å². The number of benzene rings is 1. The van der Waals surface area contributed by atoms with E-state index in [1.54, 1.807) is 13.0 Å². The van der Waals surface area contributed by atoms with Crippen molar-refractivity contribution in [3.05, 3.63) is 46.8 Å². The molecule has 0 saturated carbocycles. The zero-order chi connectivity index (χ0) is 20.9. The number of Topliss-reactive ketones (excluding diaryl/α,β-unsaturated/α-hetero) is 1. The van der Waals surface area contributed by atoms with Gasteiger partial charge in [-0.25, -0.2) is 9.69 Å². The molecule has 4 amide bonds. The lowest BCUT2D eigenvalue weighted by Crippen LogP contribution is -2.36. The number of ketones is 1. The van der Waals surface area contributed by atoms with E-state index in [9.17, 15) is 19.2 Å². The van der Waals surface area contributed by atoms with Gasteiger partial charge < -0.3 is 14.0 Å². The van der Waals surface area contributed by atoms with Crippen LogP contribution in [0, 0.1) is 13.8 Å². The third-order valence-corrected chi connectivity index (χ3v) is 5.20. The Labute approximate surface area is 166 Å². The highest BCUT2D eigenvalue weighted by atomic mass is 16.7. The van der Waals surface area contributed by atoms with Gasteiger partial charge in [-0.3, -0.25) is 19.3 Å². The highest BCUT2D eigenvalue weighted by Crippen LogP contribution is 2.33. The van der Waals surface area contributed by atoms with Crippen LogP contribution in [-0.2, 0) is 16.1 Å². The van der Waals surface area contributed by atoms with Crippen LogP contribution in [0.3, 0.4) is 0 Å². The van der Waals surface area contributed by atoms with Crippen LogP contribution >= 0.6 is 0 Å². The molecule has 1 fully saturated rings. The Balaban J connectivity index is 1.55. The summed E-state index contributed by atoms with van der Waals surface area (Å²) in [5.41, 5.74) is 2.96. The van der Waals surface area contributed by atoms with Crippen LogP contribution < -0.4 is 9.47 Å². The second kappa shape index (κ2) is 6.77. The number of aromatic nitrogens is 1. The van der Waals surface area contributed by atoms with Crippen molar-refractivity contribution in [1.82, 2.24) is 14.4 Å². The van der Waals surface area contributed by atoms with Gasteiger partial charge in [0.15, 0.2) is 17.3 Å². The number of rotatable bonds is 5. The zero-order valence-corrected chi connectivity index (χ0v) is 16.2. The van der Waals surface area contributed by atoms with Crippen LogP contribution in [0.25, 0.3) is 0 Å². The number of likely N-dealkylation sites (N-methyl/N-ethyl adjacent to an activating group) is 1. The van der Waals surface area contributed by atoms with Crippen molar-refractivity contribution in [2.45, 2.75) is 20.4 Å². The van der Waals surface area contributed by atoms with Crippen molar-refractivity contribution in [3.63, 3.8) is 0 Å². The quantitative estimate of drug-likeness (QED) is 0.431. The van der Waals surface area contributed by atoms with Gasteiger partial charge in [-0.05, 0) is 37.6 Å². The molecular weight excluding hydrogens is 378 g/mol. The molecule has 2 aromatic rings. The Bertz CT molecular complexity index is 1070. The van der Waals surface area contributed by atoms with Crippen LogP contribution in [0.4, 0.5) is 4.79 Å². The fourth-order valence-electron chi connectivity index (χ4n) is 3.53. The first-order chi connectivity index (χ1) is 13.8. The summed E-state index contributed by atoms with van der Waals surface area (Å²) in [5, 5.41) is 0. The highest BCUT2D eigenvalue weighted by molar-refractivity contribution is 6.45. The molecule has 3 heterocycles. The Hall–Kier alpha value is -3.62. The molecule has 0 unspecified atom stereocenters. The van der Waals surface area contributed by atoms with E-state index in [1.165, 1.54) is 7.05 Å². The predicted octanol–water partition coefficient (Wildman–Crippen LogP) is 1.49. The lowest BCUT2D eigenvalue weighted by Gasteiger charge is -2.13. The lowest BCUT2D eigenvalue weighted by molar-refractivity contribution is -0.142. The van der Waals surface area contributed by atoms with Gasteiger partial charge in [0.2, 0.25) is 6.79 Å². The summed E-state index contributed by atoms with van der Waals surface area (Å²) in [5.74, 6) is -0.943. The average molecular weight is 397 g/mol. The minimum Gasteiger partial charge on any atom is -0.454 e. The number of carbonyl (C=O) groups is 4. The molecule has 2 aliphatic rings. The Morgan fingerprint density at radius 2 is 1.76 bits per heavy atom. The predicted molar refractivity (Wildman–Crippen MR) is 99.8 cm³/mol. The van der Waals surface area contributed by atoms with Crippen molar-refractivity contribution in [2.75, 3.05) is 20.4 Å². The van der Waals surface area contributed by atoms with E-state index in [2.05, 4.69) is 0 Å². The van der Waals surface area contributed by atoms with E-state index in [4.69, 9.17) is 9.47 Å². The molecule has 9 nitrogen and oxygen atoms in total.